The molecule has 0 radical (unpaired) electrons. The number of hydrogen-bond donors (Lipinski definition) is 0. The van der Waals surface area contributed by atoms with Crippen LogP contribution in [0.1, 0.15) is 25.0 Å². The van der Waals surface area contributed by atoms with Crippen molar-refractivity contribution in [3.63, 3.8) is 0 Å². The zero-order chi connectivity index (χ0) is 14.0. The van der Waals surface area contributed by atoms with Gasteiger partial charge in [0.1, 0.15) is 5.84 Å². The fourth-order valence-corrected chi connectivity index (χ4v) is 2.70. The molecule has 2 heteroatoms. The van der Waals surface area contributed by atoms with Gasteiger partial charge in [-0.05, 0) is 19.4 Å². The summed E-state index contributed by atoms with van der Waals surface area (Å²) in [7, 11) is 0. The summed E-state index contributed by atoms with van der Waals surface area (Å²) in [6.45, 7) is 6.27. The average Bonchev–Trinajstić information content (AvgIpc) is 2.76. The molecular weight excluding hydrogens is 244 g/mol. The fraction of sp³-hybridized carbons (Fsp3) is 0.278. The first kappa shape index (κ1) is 12.9. The van der Waals surface area contributed by atoms with E-state index in [2.05, 4.69) is 73.3 Å². The largest absolute Gasteiger partial charge is 0.350 e. The van der Waals surface area contributed by atoms with Crippen molar-refractivity contribution in [2.45, 2.75) is 25.9 Å². The van der Waals surface area contributed by atoms with Crippen molar-refractivity contribution in [3.8, 4) is 0 Å². The molecule has 0 saturated heterocycles. The van der Waals surface area contributed by atoms with Gasteiger partial charge in [-0.2, -0.15) is 0 Å². The van der Waals surface area contributed by atoms with Crippen molar-refractivity contribution in [2.24, 2.45) is 4.99 Å². The van der Waals surface area contributed by atoms with Crippen molar-refractivity contribution < 1.29 is 0 Å². The van der Waals surface area contributed by atoms with Gasteiger partial charge >= 0.3 is 0 Å². The maximum Gasteiger partial charge on any atom is 0.131 e. The highest BCUT2D eigenvalue weighted by atomic mass is 15.3. The normalized spacial score (nSPS) is 17.1. The van der Waals surface area contributed by atoms with Crippen molar-refractivity contribution >= 4 is 5.84 Å². The van der Waals surface area contributed by atoms with Crippen LogP contribution >= 0.6 is 0 Å². The highest BCUT2D eigenvalue weighted by Crippen LogP contribution is 2.25. The highest BCUT2D eigenvalue weighted by molar-refractivity contribution is 6.00. The minimum Gasteiger partial charge on any atom is -0.350 e. The van der Waals surface area contributed by atoms with E-state index in [1.807, 2.05) is 6.07 Å². The summed E-state index contributed by atoms with van der Waals surface area (Å²) >= 11 is 0. The molecule has 20 heavy (non-hydrogen) atoms. The third kappa shape index (κ3) is 2.74. The maximum atomic E-state index is 4.91. The van der Waals surface area contributed by atoms with Crippen LogP contribution in [0.4, 0.5) is 0 Å². The Hall–Kier alpha value is -2.09. The molecule has 1 heterocycles. The van der Waals surface area contributed by atoms with Gasteiger partial charge < -0.3 is 4.90 Å². The molecule has 0 amide bonds. The molecule has 0 fully saturated rings. The van der Waals surface area contributed by atoms with E-state index in [9.17, 15) is 0 Å². The number of hydrogen-bond acceptors (Lipinski definition) is 2. The number of aliphatic imine (C=N–C) groups is 1. The fourth-order valence-electron chi connectivity index (χ4n) is 2.70. The summed E-state index contributed by atoms with van der Waals surface area (Å²) in [5.74, 6) is 1.11. The van der Waals surface area contributed by atoms with Crippen molar-refractivity contribution in [2.75, 3.05) is 6.54 Å². The minimum absolute atomic E-state index is 0.0139. The van der Waals surface area contributed by atoms with E-state index < -0.39 is 0 Å². The number of amidine groups is 1. The predicted molar refractivity (Wildman–Crippen MR) is 83.9 cm³/mol. The molecule has 0 aliphatic carbocycles. The molecule has 2 aromatic rings. The van der Waals surface area contributed by atoms with Crippen LogP contribution < -0.4 is 0 Å². The van der Waals surface area contributed by atoms with Crippen LogP contribution in [0.2, 0.25) is 0 Å². The standard InChI is InChI=1S/C18H20N2/c1-18(2)14-20(13-15-9-5-3-6-10-15)17(19-18)16-11-7-4-8-12-16/h3-12H,13-14H2,1-2H3. The Kier molecular flexibility index (Phi) is 3.31. The molecule has 0 unspecified atom stereocenters. The molecule has 102 valence electrons. The van der Waals surface area contributed by atoms with Gasteiger partial charge in [0.2, 0.25) is 0 Å². The molecule has 1 aliphatic heterocycles. The lowest BCUT2D eigenvalue weighted by molar-refractivity contribution is 0.370. The summed E-state index contributed by atoms with van der Waals surface area (Å²) in [5, 5.41) is 0. The average molecular weight is 264 g/mol. The summed E-state index contributed by atoms with van der Waals surface area (Å²) < 4.78 is 0. The SMILES string of the molecule is CC1(C)CN(Cc2ccccc2)C(c2ccccc2)=N1. The molecular formula is C18H20N2. The number of rotatable bonds is 3. The third-order valence-corrected chi connectivity index (χ3v) is 3.53. The lowest BCUT2D eigenvalue weighted by Gasteiger charge is -2.23. The van der Waals surface area contributed by atoms with Gasteiger partial charge in [-0.3, -0.25) is 4.99 Å². The van der Waals surface area contributed by atoms with E-state index in [1.54, 1.807) is 0 Å². The lowest BCUT2D eigenvalue weighted by atomic mass is 10.1. The maximum absolute atomic E-state index is 4.91. The summed E-state index contributed by atoms with van der Waals surface area (Å²) in [4.78, 5) is 7.29. The second-order valence-electron chi connectivity index (χ2n) is 5.96. The minimum atomic E-state index is -0.0139. The van der Waals surface area contributed by atoms with Gasteiger partial charge in [0.25, 0.3) is 0 Å². The molecule has 0 N–H and O–H groups in total. The van der Waals surface area contributed by atoms with Gasteiger partial charge in [0.05, 0.1) is 5.54 Å². The molecule has 3 rings (SSSR count). The predicted octanol–water partition coefficient (Wildman–Crippen LogP) is 3.73. The van der Waals surface area contributed by atoms with Crippen LogP contribution in [0, 0.1) is 0 Å². The molecule has 0 saturated carbocycles. The zero-order valence-electron chi connectivity index (χ0n) is 12.1. The summed E-state index contributed by atoms with van der Waals surface area (Å²) in [6.07, 6.45) is 0. The Morgan fingerprint density at radius 3 is 2.20 bits per heavy atom. The Morgan fingerprint density at radius 2 is 1.55 bits per heavy atom. The van der Waals surface area contributed by atoms with Crippen LogP contribution in [0.15, 0.2) is 65.7 Å². The van der Waals surface area contributed by atoms with Crippen LogP contribution in [-0.2, 0) is 6.54 Å². The van der Waals surface area contributed by atoms with Crippen LogP contribution in [0.5, 0.6) is 0 Å². The van der Waals surface area contributed by atoms with E-state index in [0.29, 0.717) is 0 Å². The second kappa shape index (κ2) is 5.12. The first-order valence-corrected chi connectivity index (χ1v) is 7.08. The highest BCUT2D eigenvalue weighted by Gasteiger charge is 2.31. The monoisotopic (exact) mass is 264 g/mol. The molecule has 2 nitrogen and oxygen atoms in total. The van der Waals surface area contributed by atoms with Crippen molar-refractivity contribution in [1.29, 1.82) is 0 Å². The first-order valence-electron chi connectivity index (χ1n) is 7.08. The first-order chi connectivity index (χ1) is 9.64. The van der Waals surface area contributed by atoms with E-state index in [0.717, 1.165) is 18.9 Å². The van der Waals surface area contributed by atoms with Gasteiger partial charge in [0.15, 0.2) is 0 Å². The summed E-state index contributed by atoms with van der Waals surface area (Å²) in [6, 6.07) is 21.1. The Balaban J connectivity index is 1.89. The van der Waals surface area contributed by atoms with E-state index >= 15 is 0 Å². The molecule has 2 aromatic carbocycles. The molecule has 0 atom stereocenters. The van der Waals surface area contributed by atoms with Gasteiger partial charge in [0, 0.05) is 18.7 Å². The van der Waals surface area contributed by atoms with Crippen molar-refractivity contribution in [1.82, 2.24) is 4.90 Å². The van der Waals surface area contributed by atoms with E-state index in [-0.39, 0.29) is 5.54 Å². The third-order valence-electron chi connectivity index (χ3n) is 3.53. The Labute approximate surface area is 120 Å². The zero-order valence-corrected chi connectivity index (χ0v) is 12.1. The Bertz CT molecular complexity index is 600. The Morgan fingerprint density at radius 1 is 0.950 bits per heavy atom. The number of benzene rings is 2. The van der Waals surface area contributed by atoms with E-state index in [4.69, 9.17) is 4.99 Å². The van der Waals surface area contributed by atoms with E-state index in [1.165, 1.54) is 11.1 Å². The molecule has 0 spiro atoms. The topological polar surface area (TPSA) is 15.6 Å². The van der Waals surface area contributed by atoms with Crippen molar-refractivity contribution in [3.05, 3.63) is 71.8 Å². The quantitative estimate of drug-likeness (QED) is 0.825. The van der Waals surface area contributed by atoms with Gasteiger partial charge in [-0.25, -0.2) is 0 Å². The summed E-state index contributed by atoms with van der Waals surface area (Å²) in [5.41, 5.74) is 2.52. The van der Waals surface area contributed by atoms with Crippen LogP contribution in [0.25, 0.3) is 0 Å². The smallest absolute Gasteiger partial charge is 0.131 e. The van der Waals surface area contributed by atoms with Crippen LogP contribution in [-0.4, -0.2) is 22.8 Å². The molecule has 1 aliphatic rings. The molecule has 0 aromatic heterocycles. The van der Waals surface area contributed by atoms with Gasteiger partial charge in [-0.1, -0.05) is 60.7 Å². The second-order valence-corrected chi connectivity index (χ2v) is 5.96. The number of nitrogens with zero attached hydrogens (tertiary/aromatic N) is 2. The van der Waals surface area contributed by atoms with Gasteiger partial charge in [-0.15, -0.1) is 0 Å². The molecule has 0 bridgehead atoms. The lowest BCUT2D eigenvalue weighted by Crippen LogP contribution is -2.32. The van der Waals surface area contributed by atoms with Crippen LogP contribution in [0.3, 0.4) is 0 Å².